The van der Waals surface area contributed by atoms with Gasteiger partial charge in [-0.25, -0.2) is 18.2 Å². The number of sulfone groups is 1. The number of nitrogens with zero attached hydrogens (tertiary/aromatic N) is 4. The highest BCUT2D eigenvalue weighted by molar-refractivity contribution is 7.92. The van der Waals surface area contributed by atoms with E-state index < -0.39 is 14.6 Å². The zero-order valence-corrected chi connectivity index (χ0v) is 15.8. The highest BCUT2D eigenvalue weighted by Gasteiger charge is 2.49. The molecule has 1 aromatic rings. The van der Waals surface area contributed by atoms with E-state index in [4.69, 9.17) is 0 Å². The first kappa shape index (κ1) is 17.9. The molecule has 1 saturated carbocycles. The Kier molecular flexibility index (Phi) is 4.61. The van der Waals surface area contributed by atoms with Gasteiger partial charge in [-0.15, -0.1) is 0 Å². The molecule has 9 heteroatoms. The molecule has 2 amide bonds. The van der Waals surface area contributed by atoms with E-state index in [1.54, 1.807) is 4.90 Å². The van der Waals surface area contributed by atoms with Crippen molar-refractivity contribution in [3.63, 3.8) is 0 Å². The van der Waals surface area contributed by atoms with Gasteiger partial charge in [-0.3, -0.25) is 5.32 Å². The summed E-state index contributed by atoms with van der Waals surface area (Å²) < 4.78 is 24.4. The van der Waals surface area contributed by atoms with Gasteiger partial charge in [-0.05, 0) is 26.2 Å². The van der Waals surface area contributed by atoms with Gasteiger partial charge in [0.1, 0.15) is 5.82 Å². The third-order valence-electron chi connectivity index (χ3n) is 5.20. The minimum Gasteiger partial charge on any atom is -0.363 e. The van der Waals surface area contributed by atoms with Crippen molar-refractivity contribution in [3.8, 4) is 0 Å². The molecule has 1 N–H and O–H groups in total. The summed E-state index contributed by atoms with van der Waals surface area (Å²) in [5, 5.41) is 2.71. The number of aryl methyl sites for hydroxylation is 1. The molecule has 1 aliphatic heterocycles. The maximum absolute atomic E-state index is 12.6. The third-order valence-corrected chi connectivity index (χ3v) is 7.85. The Morgan fingerprint density at radius 2 is 1.96 bits per heavy atom. The summed E-state index contributed by atoms with van der Waals surface area (Å²) in [4.78, 5) is 24.5. The van der Waals surface area contributed by atoms with Crippen molar-refractivity contribution < 1.29 is 13.2 Å². The van der Waals surface area contributed by atoms with E-state index in [2.05, 4.69) is 15.3 Å². The van der Waals surface area contributed by atoms with Crippen LogP contribution in [0.1, 0.15) is 31.4 Å². The van der Waals surface area contributed by atoms with Crippen LogP contribution in [0.25, 0.3) is 0 Å². The minimum absolute atomic E-state index is 0.0258. The summed E-state index contributed by atoms with van der Waals surface area (Å²) in [7, 11) is 0.586. The second-order valence-corrected chi connectivity index (χ2v) is 9.61. The van der Waals surface area contributed by atoms with Crippen LogP contribution in [0.3, 0.4) is 0 Å². The van der Waals surface area contributed by atoms with Crippen molar-refractivity contribution in [2.45, 2.75) is 37.4 Å². The number of amides is 2. The predicted molar refractivity (Wildman–Crippen MR) is 96.7 cm³/mol. The lowest BCUT2D eigenvalue weighted by atomic mass is 9.81. The number of carbonyl (C=O) groups is 1. The molecule has 138 valence electrons. The van der Waals surface area contributed by atoms with Crippen molar-refractivity contribution in [2.75, 3.05) is 43.2 Å². The van der Waals surface area contributed by atoms with Gasteiger partial charge in [0, 0.05) is 38.9 Å². The van der Waals surface area contributed by atoms with Gasteiger partial charge < -0.3 is 9.80 Å². The van der Waals surface area contributed by atoms with Crippen LogP contribution in [0.5, 0.6) is 0 Å². The Morgan fingerprint density at radius 1 is 1.24 bits per heavy atom. The summed E-state index contributed by atoms with van der Waals surface area (Å²) >= 11 is 0. The van der Waals surface area contributed by atoms with Crippen molar-refractivity contribution in [1.29, 1.82) is 0 Å². The molecular formula is C16H25N5O3S. The zero-order valence-electron chi connectivity index (χ0n) is 14.9. The molecule has 0 radical (unpaired) electrons. The van der Waals surface area contributed by atoms with Gasteiger partial charge in [-0.1, -0.05) is 6.42 Å². The van der Waals surface area contributed by atoms with E-state index in [1.165, 1.54) is 0 Å². The fourth-order valence-corrected chi connectivity index (χ4v) is 5.61. The van der Waals surface area contributed by atoms with Crippen LogP contribution in [0.15, 0.2) is 6.07 Å². The highest BCUT2D eigenvalue weighted by atomic mass is 32.2. The van der Waals surface area contributed by atoms with Gasteiger partial charge in [0.25, 0.3) is 0 Å². The zero-order chi connectivity index (χ0) is 18.2. The minimum atomic E-state index is -3.15. The Morgan fingerprint density at radius 3 is 2.56 bits per heavy atom. The van der Waals surface area contributed by atoms with Crippen LogP contribution in [0, 0.1) is 6.92 Å². The molecule has 1 spiro atoms. The lowest BCUT2D eigenvalue weighted by Gasteiger charge is -2.39. The summed E-state index contributed by atoms with van der Waals surface area (Å²) in [5.41, 5.74) is 0.751. The molecule has 2 aliphatic rings. The van der Waals surface area contributed by atoms with Crippen molar-refractivity contribution >= 4 is 27.6 Å². The maximum Gasteiger partial charge on any atom is 0.324 e. The summed E-state index contributed by atoms with van der Waals surface area (Å²) in [6.07, 6.45) is 2.91. The smallest absolute Gasteiger partial charge is 0.324 e. The Labute approximate surface area is 148 Å². The molecule has 3 rings (SSSR count). The van der Waals surface area contributed by atoms with Crippen molar-refractivity contribution in [3.05, 3.63) is 11.8 Å². The Hall–Kier alpha value is -1.90. The number of anilines is 2. The number of aromatic nitrogens is 2. The summed E-state index contributed by atoms with van der Waals surface area (Å²) in [6.45, 7) is 2.49. The first-order valence-corrected chi connectivity index (χ1v) is 10.2. The number of hydrogen-bond acceptors (Lipinski definition) is 6. The monoisotopic (exact) mass is 367 g/mol. The highest BCUT2D eigenvalue weighted by Crippen LogP contribution is 2.43. The molecule has 0 bridgehead atoms. The van der Waals surface area contributed by atoms with Crippen LogP contribution >= 0.6 is 0 Å². The van der Waals surface area contributed by atoms with E-state index in [9.17, 15) is 13.2 Å². The van der Waals surface area contributed by atoms with E-state index in [0.717, 1.165) is 25.0 Å². The van der Waals surface area contributed by atoms with Gasteiger partial charge in [0.2, 0.25) is 5.95 Å². The van der Waals surface area contributed by atoms with E-state index >= 15 is 0 Å². The molecule has 0 unspecified atom stereocenters. The van der Waals surface area contributed by atoms with Crippen LogP contribution in [0.4, 0.5) is 16.6 Å². The van der Waals surface area contributed by atoms with Gasteiger partial charge in [-0.2, -0.15) is 4.98 Å². The van der Waals surface area contributed by atoms with Crippen molar-refractivity contribution in [2.24, 2.45) is 0 Å². The number of hydrogen-bond donors (Lipinski definition) is 1. The average molecular weight is 367 g/mol. The molecule has 2 heterocycles. The molecule has 1 aromatic heterocycles. The quantitative estimate of drug-likeness (QED) is 0.849. The fourth-order valence-electron chi connectivity index (χ4n) is 3.40. The molecule has 0 atom stereocenters. The van der Waals surface area contributed by atoms with Gasteiger partial charge in [0.15, 0.2) is 9.84 Å². The normalized spacial score (nSPS) is 21.3. The second kappa shape index (κ2) is 6.44. The molecule has 2 fully saturated rings. The Balaban J connectivity index is 1.72. The van der Waals surface area contributed by atoms with Crippen molar-refractivity contribution in [1.82, 2.24) is 14.9 Å². The first-order valence-electron chi connectivity index (χ1n) is 8.54. The number of nitrogens with one attached hydrogen (secondary N) is 1. The van der Waals surface area contributed by atoms with E-state index in [1.807, 2.05) is 32.0 Å². The standard InChI is InChI=1S/C16H25N5O3S/c1-12-11-13(20(2)3)18-14(17-12)19-15(22)21-8-7-16(5-4-6-16)25(23,24)10-9-21/h11H,4-10H2,1-3H3,(H,17,18,19,22). The second-order valence-electron chi connectivity index (χ2n) is 7.11. The number of carbonyl (C=O) groups excluding carboxylic acids is 1. The lowest BCUT2D eigenvalue weighted by Crippen LogP contribution is -2.46. The van der Waals surface area contributed by atoms with Gasteiger partial charge >= 0.3 is 6.03 Å². The van der Waals surface area contributed by atoms with E-state index in [-0.39, 0.29) is 24.3 Å². The molecule has 0 aromatic carbocycles. The Bertz CT molecular complexity index is 774. The molecule has 25 heavy (non-hydrogen) atoms. The van der Waals surface area contributed by atoms with Gasteiger partial charge in [0.05, 0.1) is 10.5 Å². The molecular weight excluding hydrogens is 342 g/mol. The van der Waals surface area contributed by atoms with E-state index in [0.29, 0.717) is 18.8 Å². The average Bonchev–Trinajstić information content (AvgIpc) is 2.61. The number of rotatable bonds is 2. The van der Waals surface area contributed by atoms with Crippen LogP contribution in [-0.4, -0.2) is 67.0 Å². The number of urea groups is 1. The predicted octanol–water partition coefficient (Wildman–Crippen LogP) is 1.43. The van der Waals surface area contributed by atoms with Crippen LogP contribution < -0.4 is 10.2 Å². The summed E-state index contributed by atoms with van der Waals surface area (Å²) in [6, 6.07) is 1.48. The van der Waals surface area contributed by atoms with Crippen LogP contribution in [0.2, 0.25) is 0 Å². The summed E-state index contributed by atoms with van der Waals surface area (Å²) in [5.74, 6) is 0.965. The SMILES string of the molecule is Cc1cc(N(C)C)nc(NC(=O)N2CCC3(CCC3)S(=O)(=O)CC2)n1. The molecule has 8 nitrogen and oxygen atoms in total. The topological polar surface area (TPSA) is 95.5 Å². The fraction of sp³-hybridized carbons (Fsp3) is 0.688. The first-order chi connectivity index (χ1) is 11.7. The third kappa shape index (κ3) is 3.42. The molecule has 1 saturated heterocycles. The maximum atomic E-state index is 12.6. The lowest BCUT2D eigenvalue weighted by molar-refractivity contribution is 0.209. The largest absolute Gasteiger partial charge is 0.363 e. The molecule has 1 aliphatic carbocycles. The van der Waals surface area contributed by atoms with Crippen LogP contribution in [-0.2, 0) is 9.84 Å².